The number of methoxy groups -OCH3 is 2. The molecule has 0 amide bonds. The highest BCUT2D eigenvalue weighted by Crippen LogP contribution is 2.39. The van der Waals surface area contributed by atoms with E-state index in [9.17, 15) is 4.79 Å². The van der Waals surface area contributed by atoms with Crippen LogP contribution in [0.15, 0.2) is 30.4 Å². The van der Waals surface area contributed by atoms with Gasteiger partial charge in [0.1, 0.15) is 17.1 Å². The Morgan fingerprint density at radius 3 is 2.26 bits per heavy atom. The fourth-order valence-corrected chi connectivity index (χ4v) is 7.23. The Hall–Kier alpha value is -1.96. The van der Waals surface area contributed by atoms with E-state index >= 15 is 0 Å². The first kappa shape index (κ1) is 41.2. The topological polar surface area (TPSA) is 81.7 Å². The number of esters is 1. The average Bonchev–Trinajstić information content (AvgIpc) is 3.26. The standard InChI is InChI=1S/C37H64O8Si2/c1-26(28(3)45-47(14,15)36(4,5)6)19-20-27(2)34-31(43-37(7,8)44-34)18-16-17-29-23-30(40-10)24-32(42-25-39-9)33(29)35(38)41-21-22-46(11,12)13/h16-17,19-20,23-24,26-28,31,34H,18,21-22,25H2,1-15H3/b17-16+,20-19-/t26-,27?,28+,31-,34-/m1/s1. The molecule has 2 rings (SSSR count). The second-order valence-electron chi connectivity index (χ2n) is 16.1. The molecule has 1 aromatic rings. The summed E-state index contributed by atoms with van der Waals surface area (Å²) in [6.45, 7) is 29.0. The van der Waals surface area contributed by atoms with E-state index in [-0.39, 0.29) is 42.0 Å². The van der Waals surface area contributed by atoms with Crippen molar-refractivity contribution in [2.45, 2.75) is 130 Å². The van der Waals surface area contributed by atoms with Gasteiger partial charge in [0.15, 0.2) is 20.9 Å². The minimum Gasteiger partial charge on any atom is -0.497 e. The Bertz CT molecular complexity index is 1210. The highest BCUT2D eigenvalue weighted by Gasteiger charge is 2.43. The molecular formula is C37H64O8Si2. The van der Waals surface area contributed by atoms with E-state index in [1.165, 1.54) is 7.11 Å². The lowest BCUT2D eigenvalue weighted by molar-refractivity contribution is -0.148. The van der Waals surface area contributed by atoms with Gasteiger partial charge in [-0.2, -0.15) is 0 Å². The Morgan fingerprint density at radius 1 is 1.02 bits per heavy atom. The van der Waals surface area contributed by atoms with Crippen molar-refractivity contribution in [2.24, 2.45) is 11.8 Å². The summed E-state index contributed by atoms with van der Waals surface area (Å²) in [5.41, 5.74) is 0.982. The number of hydrogen-bond donors (Lipinski definition) is 0. The van der Waals surface area contributed by atoms with Crippen LogP contribution >= 0.6 is 0 Å². The molecule has 0 aromatic heterocycles. The van der Waals surface area contributed by atoms with Crippen LogP contribution in [0.5, 0.6) is 11.5 Å². The summed E-state index contributed by atoms with van der Waals surface area (Å²) in [4.78, 5) is 13.4. The van der Waals surface area contributed by atoms with Crippen molar-refractivity contribution in [1.82, 2.24) is 0 Å². The van der Waals surface area contributed by atoms with Crippen molar-refractivity contribution in [1.29, 1.82) is 0 Å². The number of benzene rings is 1. The summed E-state index contributed by atoms with van der Waals surface area (Å²) < 4.78 is 41.7. The lowest BCUT2D eigenvalue weighted by Gasteiger charge is -2.39. The Balaban J connectivity index is 2.27. The zero-order valence-electron chi connectivity index (χ0n) is 31.9. The van der Waals surface area contributed by atoms with Crippen LogP contribution in [0.4, 0.5) is 0 Å². The molecule has 1 aromatic carbocycles. The quantitative estimate of drug-likeness (QED) is 0.0692. The smallest absolute Gasteiger partial charge is 0.342 e. The van der Waals surface area contributed by atoms with Gasteiger partial charge in [0, 0.05) is 33.3 Å². The molecule has 0 aliphatic carbocycles. The molecule has 0 bridgehead atoms. The summed E-state index contributed by atoms with van der Waals surface area (Å²) >= 11 is 0. The molecule has 0 spiro atoms. The van der Waals surface area contributed by atoms with Crippen LogP contribution in [0.3, 0.4) is 0 Å². The summed E-state index contributed by atoms with van der Waals surface area (Å²) in [7, 11) is -0.127. The third-order valence-electron chi connectivity index (χ3n) is 9.11. The Labute approximate surface area is 287 Å². The van der Waals surface area contributed by atoms with Gasteiger partial charge in [0.2, 0.25) is 0 Å². The highest BCUT2D eigenvalue weighted by atomic mass is 28.4. The van der Waals surface area contributed by atoms with Gasteiger partial charge in [0.25, 0.3) is 0 Å². The minimum atomic E-state index is -1.86. The maximum Gasteiger partial charge on any atom is 0.342 e. The molecule has 1 saturated heterocycles. The fourth-order valence-electron chi connectivity index (χ4n) is 5.02. The highest BCUT2D eigenvalue weighted by molar-refractivity contribution is 6.76. The molecule has 1 unspecified atom stereocenters. The lowest BCUT2D eigenvalue weighted by Crippen LogP contribution is -2.44. The minimum absolute atomic E-state index is 0.0132. The van der Waals surface area contributed by atoms with Crippen LogP contribution in [0.25, 0.3) is 6.08 Å². The second kappa shape index (κ2) is 17.1. The third kappa shape index (κ3) is 12.8. The van der Waals surface area contributed by atoms with Crippen LogP contribution in [0, 0.1) is 11.8 Å². The number of ether oxygens (including phenoxy) is 6. The monoisotopic (exact) mass is 692 g/mol. The number of rotatable bonds is 17. The van der Waals surface area contributed by atoms with Gasteiger partial charge in [-0.15, -0.1) is 0 Å². The molecule has 10 heteroatoms. The molecule has 1 heterocycles. The van der Waals surface area contributed by atoms with E-state index in [4.69, 9.17) is 32.8 Å². The van der Waals surface area contributed by atoms with Crippen LogP contribution in [-0.2, 0) is 23.4 Å². The van der Waals surface area contributed by atoms with Crippen LogP contribution in [0.2, 0.25) is 43.8 Å². The van der Waals surface area contributed by atoms with Crippen LogP contribution in [-0.4, -0.2) is 74.1 Å². The predicted octanol–water partition coefficient (Wildman–Crippen LogP) is 9.34. The van der Waals surface area contributed by atoms with Crippen molar-refractivity contribution < 1.29 is 37.6 Å². The normalized spacial score (nSPS) is 20.8. The van der Waals surface area contributed by atoms with E-state index in [1.54, 1.807) is 13.2 Å². The van der Waals surface area contributed by atoms with Gasteiger partial charge in [-0.3, -0.25) is 0 Å². The van der Waals surface area contributed by atoms with Crippen molar-refractivity contribution >= 4 is 28.4 Å². The first-order chi connectivity index (χ1) is 21.6. The molecule has 1 fully saturated rings. The van der Waals surface area contributed by atoms with Gasteiger partial charge in [-0.25, -0.2) is 4.79 Å². The van der Waals surface area contributed by atoms with E-state index in [0.717, 1.165) is 6.04 Å². The first-order valence-electron chi connectivity index (χ1n) is 17.0. The number of carbonyl (C=O) groups excluding carboxylic acids is 1. The van der Waals surface area contributed by atoms with Gasteiger partial charge < -0.3 is 32.8 Å². The molecule has 0 saturated carbocycles. The summed E-state index contributed by atoms with van der Waals surface area (Å²) in [5.74, 6) is 0.136. The molecule has 5 atom stereocenters. The molecule has 1 aliphatic heterocycles. The molecular weight excluding hydrogens is 629 g/mol. The first-order valence-corrected chi connectivity index (χ1v) is 23.6. The maximum absolute atomic E-state index is 13.4. The van der Waals surface area contributed by atoms with E-state index in [0.29, 0.717) is 35.7 Å². The van der Waals surface area contributed by atoms with Crippen LogP contribution in [0.1, 0.15) is 77.7 Å². The number of hydrogen-bond acceptors (Lipinski definition) is 8. The summed E-state index contributed by atoms with van der Waals surface area (Å²) in [5, 5.41) is 0.164. The molecule has 8 nitrogen and oxygen atoms in total. The van der Waals surface area contributed by atoms with Crippen LogP contribution < -0.4 is 9.47 Å². The fraction of sp³-hybridized carbons (Fsp3) is 0.703. The maximum atomic E-state index is 13.4. The van der Waals surface area contributed by atoms with Crippen molar-refractivity contribution in [3.63, 3.8) is 0 Å². The lowest BCUT2D eigenvalue weighted by atomic mass is 9.94. The SMILES string of the molecule is COCOc1cc(OC)cc(/C=C/C[C@H]2OC(C)(C)O[C@@H]2C(C)/C=C\[C@@H](C)[C@H](C)O[Si](C)(C)C(C)(C)C)c1C(=O)OCC[Si](C)(C)C. The van der Waals surface area contributed by atoms with Gasteiger partial charge in [-0.05, 0) is 68.9 Å². The second-order valence-corrected chi connectivity index (χ2v) is 26.4. The zero-order chi connectivity index (χ0) is 35.8. The molecule has 268 valence electrons. The molecule has 0 radical (unpaired) electrons. The van der Waals surface area contributed by atoms with Gasteiger partial charge >= 0.3 is 5.97 Å². The summed E-state index contributed by atoms with van der Waals surface area (Å²) in [6.07, 6.45) is 8.79. The number of carbonyl (C=O) groups is 1. The molecule has 47 heavy (non-hydrogen) atoms. The van der Waals surface area contributed by atoms with E-state index in [1.807, 2.05) is 32.1 Å². The van der Waals surface area contributed by atoms with Gasteiger partial charge in [0.05, 0.1) is 25.9 Å². The third-order valence-corrected chi connectivity index (χ3v) is 15.4. The Kier molecular flexibility index (Phi) is 15.0. The largest absolute Gasteiger partial charge is 0.497 e. The average molecular weight is 693 g/mol. The summed E-state index contributed by atoms with van der Waals surface area (Å²) in [6, 6.07) is 4.38. The van der Waals surface area contributed by atoms with Gasteiger partial charge in [-0.1, -0.05) is 78.6 Å². The predicted molar refractivity (Wildman–Crippen MR) is 197 cm³/mol. The molecule has 0 N–H and O–H groups in total. The van der Waals surface area contributed by atoms with Crippen molar-refractivity contribution in [3.05, 3.63) is 41.5 Å². The Morgan fingerprint density at radius 2 is 1.68 bits per heavy atom. The zero-order valence-corrected chi connectivity index (χ0v) is 33.9. The van der Waals surface area contributed by atoms with E-state index < -0.39 is 28.1 Å². The van der Waals surface area contributed by atoms with E-state index in [2.05, 4.69) is 86.4 Å². The van der Waals surface area contributed by atoms with Crippen molar-refractivity contribution in [3.8, 4) is 11.5 Å². The van der Waals surface area contributed by atoms with Crippen molar-refractivity contribution in [2.75, 3.05) is 27.6 Å². The molecule has 1 aliphatic rings.